The van der Waals surface area contributed by atoms with Crippen molar-refractivity contribution in [1.29, 1.82) is 0 Å². The fourth-order valence-electron chi connectivity index (χ4n) is 1.94. The zero-order valence-corrected chi connectivity index (χ0v) is 12.4. The molecule has 0 spiro atoms. The van der Waals surface area contributed by atoms with E-state index < -0.39 is 4.92 Å². The monoisotopic (exact) mass is 304 g/mol. The van der Waals surface area contributed by atoms with Gasteiger partial charge in [-0.15, -0.1) is 11.3 Å². The number of Topliss-reactive ketones (excluding diaryl/α,β-unsaturated/α-hetero) is 1. The van der Waals surface area contributed by atoms with Gasteiger partial charge >= 0.3 is 0 Å². The highest BCUT2D eigenvalue weighted by atomic mass is 32.1. The van der Waals surface area contributed by atoms with Gasteiger partial charge in [-0.05, 0) is 23.9 Å². The summed E-state index contributed by atoms with van der Waals surface area (Å²) >= 11 is 1.57. The number of rotatable bonds is 7. The topological polar surface area (TPSA) is 72.2 Å². The molecule has 0 saturated carbocycles. The lowest BCUT2D eigenvalue weighted by atomic mass is 10.1. The normalized spacial score (nSPS) is 12.0. The van der Waals surface area contributed by atoms with Gasteiger partial charge in [-0.3, -0.25) is 14.9 Å². The van der Waals surface area contributed by atoms with Gasteiger partial charge in [0.05, 0.1) is 11.5 Å². The molecule has 2 aromatic rings. The summed E-state index contributed by atoms with van der Waals surface area (Å²) < 4.78 is 0. The molecule has 0 bridgehead atoms. The van der Waals surface area contributed by atoms with Crippen molar-refractivity contribution in [3.8, 4) is 0 Å². The third-order valence-corrected chi connectivity index (χ3v) is 4.04. The summed E-state index contributed by atoms with van der Waals surface area (Å²) in [5, 5.41) is 15.7. The Bertz CT molecular complexity index is 608. The molecule has 6 heteroatoms. The minimum absolute atomic E-state index is 0.0295. The molecule has 2 rings (SSSR count). The Morgan fingerprint density at radius 3 is 2.62 bits per heavy atom. The molecule has 5 nitrogen and oxygen atoms in total. The van der Waals surface area contributed by atoms with Crippen molar-refractivity contribution in [1.82, 2.24) is 5.32 Å². The van der Waals surface area contributed by atoms with Gasteiger partial charge in [0.15, 0.2) is 5.78 Å². The van der Waals surface area contributed by atoms with Crippen molar-refractivity contribution in [2.75, 3.05) is 6.54 Å². The number of thiophene rings is 1. The number of hydrogen-bond acceptors (Lipinski definition) is 5. The molecule has 1 unspecified atom stereocenters. The van der Waals surface area contributed by atoms with E-state index in [0.717, 1.165) is 10.4 Å². The summed E-state index contributed by atoms with van der Waals surface area (Å²) in [5.41, 5.74) is 0.990. The Balaban J connectivity index is 1.85. The largest absolute Gasteiger partial charge is 0.303 e. The van der Waals surface area contributed by atoms with Gasteiger partial charge in [-0.2, -0.15) is 0 Å². The van der Waals surface area contributed by atoms with Crippen LogP contribution in [-0.2, 0) is 11.2 Å². The Morgan fingerprint density at radius 2 is 2.05 bits per heavy atom. The molecule has 0 aliphatic carbocycles. The van der Waals surface area contributed by atoms with Crippen molar-refractivity contribution < 1.29 is 9.72 Å². The SMILES string of the molecule is CC(NCC(=O)Cc1cccs1)c1ccc([N+](=O)[O-])cc1. The van der Waals surface area contributed by atoms with Crippen LogP contribution < -0.4 is 5.32 Å². The number of nitrogens with zero attached hydrogens (tertiary/aromatic N) is 1. The van der Waals surface area contributed by atoms with Crippen LogP contribution in [0, 0.1) is 10.1 Å². The number of benzene rings is 1. The maximum atomic E-state index is 11.8. The van der Waals surface area contributed by atoms with E-state index in [9.17, 15) is 14.9 Å². The van der Waals surface area contributed by atoms with Crippen LogP contribution in [0.2, 0.25) is 0 Å². The number of carbonyl (C=O) groups excluding carboxylic acids is 1. The van der Waals surface area contributed by atoms with E-state index in [1.807, 2.05) is 24.4 Å². The minimum Gasteiger partial charge on any atom is -0.303 e. The molecule has 0 fully saturated rings. The molecule has 1 heterocycles. The van der Waals surface area contributed by atoms with Gasteiger partial charge in [0.25, 0.3) is 5.69 Å². The van der Waals surface area contributed by atoms with E-state index in [2.05, 4.69) is 5.32 Å². The van der Waals surface area contributed by atoms with Crippen molar-refractivity contribution in [2.24, 2.45) is 0 Å². The van der Waals surface area contributed by atoms with Crippen LogP contribution in [0.1, 0.15) is 23.4 Å². The molecular weight excluding hydrogens is 288 g/mol. The second-order valence-electron chi connectivity index (χ2n) is 4.75. The Labute approximate surface area is 126 Å². The average molecular weight is 304 g/mol. The quantitative estimate of drug-likeness (QED) is 0.630. The van der Waals surface area contributed by atoms with Crippen LogP contribution in [0.25, 0.3) is 0 Å². The average Bonchev–Trinajstić information content (AvgIpc) is 2.97. The van der Waals surface area contributed by atoms with E-state index in [1.165, 1.54) is 12.1 Å². The number of non-ortho nitro benzene ring substituents is 1. The number of nitro groups is 1. The van der Waals surface area contributed by atoms with E-state index in [-0.39, 0.29) is 24.1 Å². The number of ketones is 1. The van der Waals surface area contributed by atoms with Crippen molar-refractivity contribution in [3.05, 3.63) is 62.3 Å². The van der Waals surface area contributed by atoms with Crippen LogP contribution in [-0.4, -0.2) is 17.3 Å². The predicted octanol–water partition coefficient (Wildman–Crippen LogP) is 3.12. The minimum atomic E-state index is -0.424. The number of nitro benzene ring substituents is 1. The molecule has 1 aromatic heterocycles. The van der Waals surface area contributed by atoms with Gasteiger partial charge in [-0.25, -0.2) is 0 Å². The second kappa shape index (κ2) is 7.10. The number of nitrogens with one attached hydrogen (secondary N) is 1. The van der Waals surface area contributed by atoms with Gasteiger partial charge in [0.2, 0.25) is 0 Å². The van der Waals surface area contributed by atoms with Crippen LogP contribution in [0.3, 0.4) is 0 Å². The summed E-state index contributed by atoms with van der Waals surface area (Å²) in [6.45, 7) is 2.22. The highest BCUT2D eigenvalue weighted by Crippen LogP contribution is 2.17. The summed E-state index contributed by atoms with van der Waals surface area (Å²) in [4.78, 5) is 23.1. The van der Waals surface area contributed by atoms with Crippen molar-refractivity contribution in [2.45, 2.75) is 19.4 Å². The maximum Gasteiger partial charge on any atom is 0.269 e. The smallest absolute Gasteiger partial charge is 0.269 e. The van der Waals surface area contributed by atoms with Gasteiger partial charge < -0.3 is 5.32 Å². The molecule has 110 valence electrons. The summed E-state index contributed by atoms with van der Waals surface area (Å²) in [6, 6.07) is 10.2. The fourth-order valence-corrected chi connectivity index (χ4v) is 2.67. The van der Waals surface area contributed by atoms with Crippen molar-refractivity contribution >= 4 is 22.8 Å². The third-order valence-electron chi connectivity index (χ3n) is 3.16. The van der Waals surface area contributed by atoms with Gasteiger partial charge in [-0.1, -0.05) is 18.2 Å². The van der Waals surface area contributed by atoms with E-state index in [4.69, 9.17) is 0 Å². The molecule has 1 N–H and O–H groups in total. The van der Waals surface area contributed by atoms with E-state index in [0.29, 0.717) is 6.42 Å². The first-order chi connectivity index (χ1) is 10.1. The molecular formula is C15H16N2O3S. The summed E-state index contributed by atoms with van der Waals surface area (Å²) in [7, 11) is 0. The molecule has 21 heavy (non-hydrogen) atoms. The molecule has 0 amide bonds. The Hall–Kier alpha value is -2.05. The van der Waals surface area contributed by atoms with Crippen LogP contribution in [0.15, 0.2) is 41.8 Å². The lowest BCUT2D eigenvalue weighted by Crippen LogP contribution is -2.26. The molecule has 1 aromatic carbocycles. The Kier molecular flexibility index (Phi) is 5.19. The summed E-state index contributed by atoms with van der Waals surface area (Å²) in [6.07, 6.45) is 0.442. The maximum absolute atomic E-state index is 11.8. The molecule has 0 aliphatic heterocycles. The zero-order chi connectivity index (χ0) is 15.2. The summed E-state index contributed by atoms with van der Waals surface area (Å²) in [5.74, 6) is 0.131. The van der Waals surface area contributed by atoms with Crippen LogP contribution >= 0.6 is 11.3 Å². The lowest BCUT2D eigenvalue weighted by Gasteiger charge is -2.13. The first-order valence-corrected chi connectivity index (χ1v) is 7.46. The van der Waals surface area contributed by atoms with Crippen LogP contribution in [0.4, 0.5) is 5.69 Å². The van der Waals surface area contributed by atoms with Gasteiger partial charge in [0, 0.05) is 29.5 Å². The van der Waals surface area contributed by atoms with Crippen molar-refractivity contribution in [3.63, 3.8) is 0 Å². The first-order valence-electron chi connectivity index (χ1n) is 6.58. The highest BCUT2D eigenvalue weighted by Gasteiger charge is 2.11. The molecule has 0 aliphatic rings. The highest BCUT2D eigenvalue weighted by molar-refractivity contribution is 7.10. The molecule has 0 radical (unpaired) electrons. The number of carbonyl (C=O) groups is 1. The predicted molar refractivity (Wildman–Crippen MR) is 82.5 cm³/mol. The first kappa shape index (κ1) is 15.3. The Morgan fingerprint density at radius 1 is 1.33 bits per heavy atom. The fraction of sp³-hybridized carbons (Fsp3) is 0.267. The zero-order valence-electron chi connectivity index (χ0n) is 11.6. The number of hydrogen-bond donors (Lipinski definition) is 1. The van der Waals surface area contributed by atoms with Crippen LogP contribution in [0.5, 0.6) is 0 Å². The standard InChI is InChI=1S/C15H16N2O3S/c1-11(12-4-6-13(7-5-12)17(19)20)16-10-14(18)9-15-3-2-8-21-15/h2-8,11,16H,9-10H2,1H3. The third kappa shape index (κ3) is 4.47. The lowest BCUT2D eigenvalue weighted by molar-refractivity contribution is -0.384. The second-order valence-corrected chi connectivity index (χ2v) is 5.78. The van der Waals surface area contributed by atoms with E-state index in [1.54, 1.807) is 23.5 Å². The van der Waals surface area contributed by atoms with E-state index >= 15 is 0 Å². The molecule has 1 atom stereocenters. The molecule has 0 saturated heterocycles. The van der Waals surface area contributed by atoms with Gasteiger partial charge in [0.1, 0.15) is 0 Å².